The molecular weight excluding hydrogens is 125 g/mol. The zero-order valence-electron chi connectivity index (χ0n) is 3.19. The molecule has 0 heterocycles. The molecule has 0 spiro atoms. The van der Waals surface area contributed by atoms with Gasteiger partial charge in [0.15, 0.2) is 0 Å². The summed E-state index contributed by atoms with van der Waals surface area (Å²) in [6.07, 6.45) is 1.36. The normalized spacial score (nSPS) is 7.20. The third kappa shape index (κ3) is 3.95. The molecule has 0 aromatic heterocycles. The van der Waals surface area contributed by atoms with Crippen molar-refractivity contribution in [1.82, 2.24) is 0 Å². The van der Waals surface area contributed by atoms with Crippen molar-refractivity contribution in [3.63, 3.8) is 0 Å². The Kier molecular flexibility index (Phi) is 2.19. The van der Waals surface area contributed by atoms with Crippen molar-refractivity contribution in [1.29, 1.82) is 0 Å². The molecule has 28 valence electrons. The zero-order valence-corrected chi connectivity index (χ0v) is 7.39. The maximum atomic E-state index is 9.78. The van der Waals surface area contributed by atoms with E-state index in [-0.39, 0.29) is 4.62 Å². The second kappa shape index (κ2) is 2.21. The van der Waals surface area contributed by atoms with Gasteiger partial charge in [-0.2, -0.15) is 0 Å². The molecule has 0 saturated heterocycles. The van der Waals surface area contributed by atoms with Crippen LogP contribution in [-0.4, -0.2) is 21.1 Å². The van der Waals surface area contributed by atoms with Crippen molar-refractivity contribution in [2.24, 2.45) is 0 Å². The van der Waals surface area contributed by atoms with Crippen LogP contribution in [0.3, 0.4) is 0 Å². The summed E-state index contributed by atoms with van der Waals surface area (Å²) in [7, 11) is 0. The molecule has 0 fully saturated rings. The van der Waals surface area contributed by atoms with Gasteiger partial charge < -0.3 is 0 Å². The number of rotatable bonds is 1. The predicted molar refractivity (Wildman–Crippen MR) is 25.1 cm³/mol. The Labute approximate surface area is 39.3 Å². The Hall–Kier alpha value is -0.0471. The molecule has 0 bridgehead atoms. The van der Waals surface area contributed by atoms with E-state index < -0.39 is 0 Å². The van der Waals surface area contributed by atoms with Gasteiger partial charge in [0.25, 0.3) is 0 Å². The van der Waals surface area contributed by atoms with Gasteiger partial charge in [-0.3, -0.25) is 0 Å². The van der Waals surface area contributed by atoms with Crippen LogP contribution >= 0.6 is 0 Å². The van der Waals surface area contributed by atoms with Crippen LogP contribution in [-0.2, 0) is 4.79 Å². The van der Waals surface area contributed by atoms with Crippen LogP contribution in [0.1, 0.15) is 0 Å². The summed E-state index contributed by atoms with van der Waals surface area (Å²) in [5.41, 5.74) is 0. The van der Waals surface area contributed by atoms with Crippen molar-refractivity contribution in [2.75, 3.05) is 0 Å². The summed E-state index contributed by atoms with van der Waals surface area (Å²) >= 11 is 0.314. The van der Waals surface area contributed by atoms with Crippen LogP contribution in [0, 0.1) is 0 Å². The fourth-order valence-corrected chi connectivity index (χ4v) is 0. The van der Waals surface area contributed by atoms with Crippen LogP contribution in [0.15, 0.2) is 12.7 Å². The summed E-state index contributed by atoms with van der Waals surface area (Å²) < 4.78 is 0.206. The van der Waals surface area contributed by atoms with Crippen molar-refractivity contribution in [3.8, 4) is 0 Å². The van der Waals surface area contributed by atoms with E-state index >= 15 is 0 Å². The van der Waals surface area contributed by atoms with Gasteiger partial charge in [0.2, 0.25) is 0 Å². The average Bonchev–Trinajstić information content (AvgIpc) is 1.38. The number of hydrogen-bond donors (Lipinski definition) is 0. The monoisotopic (exact) mass is 132 g/mol. The Morgan fingerprint density at radius 2 is 2.20 bits per heavy atom. The van der Waals surface area contributed by atoms with Crippen molar-refractivity contribution >= 4 is 21.1 Å². The minimum atomic E-state index is 0.206. The molecule has 0 radical (unpaired) electrons. The molecule has 0 rings (SSSR count). The number of allylic oxidation sites excluding steroid dienone is 1. The second-order valence-electron chi connectivity index (χ2n) is 0.815. The molecule has 0 aromatic carbocycles. The number of carbonyl (C=O) groups excluding carboxylic acids is 1. The Morgan fingerprint density at radius 3 is 2.20 bits per heavy atom. The van der Waals surface area contributed by atoms with Gasteiger partial charge >= 0.3 is 38.6 Å². The molecular formula is C3H6GeO. The number of hydrogen-bond acceptors (Lipinski definition) is 1. The van der Waals surface area contributed by atoms with E-state index in [1.165, 1.54) is 6.08 Å². The molecule has 2 heteroatoms. The summed E-state index contributed by atoms with van der Waals surface area (Å²) in [5, 5.41) is 0. The standard InChI is InChI=1S/C3H6GeO/c1-2-3(4)5/h2H,1H2,4H3. The molecule has 0 aromatic rings. The first-order chi connectivity index (χ1) is 2.27. The molecule has 0 unspecified atom stereocenters. The summed E-state index contributed by atoms with van der Waals surface area (Å²) in [6.45, 7) is 3.26. The van der Waals surface area contributed by atoms with Crippen LogP contribution in [0.25, 0.3) is 0 Å². The molecule has 0 aliphatic heterocycles. The van der Waals surface area contributed by atoms with E-state index in [2.05, 4.69) is 6.58 Å². The van der Waals surface area contributed by atoms with Crippen molar-refractivity contribution in [3.05, 3.63) is 12.7 Å². The van der Waals surface area contributed by atoms with Gasteiger partial charge in [0.05, 0.1) is 0 Å². The fourth-order valence-electron chi connectivity index (χ4n) is 0. The molecule has 0 aliphatic carbocycles. The van der Waals surface area contributed by atoms with E-state index in [1.807, 2.05) is 0 Å². The minimum absolute atomic E-state index is 0.206. The quantitative estimate of drug-likeness (QED) is 0.331. The third-order valence-electron chi connectivity index (χ3n) is 0.287. The topological polar surface area (TPSA) is 17.1 Å². The van der Waals surface area contributed by atoms with Crippen LogP contribution in [0.2, 0.25) is 0 Å². The van der Waals surface area contributed by atoms with Crippen LogP contribution in [0.4, 0.5) is 0 Å². The van der Waals surface area contributed by atoms with Gasteiger partial charge in [-0.25, -0.2) is 0 Å². The van der Waals surface area contributed by atoms with E-state index in [9.17, 15) is 4.79 Å². The first-order valence-electron chi connectivity index (χ1n) is 1.40. The van der Waals surface area contributed by atoms with Crippen LogP contribution < -0.4 is 0 Å². The number of carbonyl (C=O) groups is 1. The van der Waals surface area contributed by atoms with Gasteiger partial charge in [0, 0.05) is 0 Å². The second-order valence-corrected chi connectivity index (χ2v) is 2.88. The Balaban J connectivity index is 3.20. The van der Waals surface area contributed by atoms with Gasteiger partial charge in [0.1, 0.15) is 0 Å². The molecule has 0 aliphatic rings. The Bertz CT molecular complexity index is 57.9. The molecule has 0 N–H and O–H groups in total. The summed E-state index contributed by atoms with van der Waals surface area (Å²) in [6, 6.07) is 0. The van der Waals surface area contributed by atoms with Crippen molar-refractivity contribution < 1.29 is 4.79 Å². The maximum absolute atomic E-state index is 9.78. The first kappa shape index (κ1) is 4.95. The zero-order chi connectivity index (χ0) is 4.28. The molecule has 1 nitrogen and oxygen atoms in total. The van der Waals surface area contributed by atoms with E-state index in [1.54, 1.807) is 0 Å². The van der Waals surface area contributed by atoms with Gasteiger partial charge in [-0.15, -0.1) is 0 Å². The predicted octanol–water partition coefficient (Wildman–Crippen LogP) is -0.936. The van der Waals surface area contributed by atoms with E-state index in [0.717, 1.165) is 0 Å². The first-order valence-corrected chi connectivity index (χ1v) is 3.50. The summed E-state index contributed by atoms with van der Waals surface area (Å²) in [5.74, 6) is 0. The van der Waals surface area contributed by atoms with Gasteiger partial charge in [-0.1, -0.05) is 0 Å². The van der Waals surface area contributed by atoms with Crippen molar-refractivity contribution in [2.45, 2.75) is 0 Å². The fraction of sp³-hybridized carbons (Fsp3) is 0. The molecule has 5 heavy (non-hydrogen) atoms. The third-order valence-corrected chi connectivity index (χ3v) is 1.14. The van der Waals surface area contributed by atoms with Gasteiger partial charge in [-0.05, 0) is 0 Å². The SMILES string of the molecule is C=C[C](=O)[GeH3]. The average molecular weight is 131 g/mol. The molecule has 0 atom stereocenters. The van der Waals surface area contributed by atoms with E-state index in [0.29, 0.717) is 16.5 Å². The summed E-state index contributed by atoms with van der Waals surface area (Å²) in [4.78, 5) is 9.78. The molecule has 0 amide bonds. The molecule has 0 saturated carbocycles. The van der Waals surface area contributed by atoms with Crippen LogP contribution in [0.5, 0.6) is 0 Å². The Morgan fingerprint density at radius 1 is 2.00 bits per heavy atom. The van der Waals surface area contributed by atoms with E-state index in [4.69, 9.17) is 0 Å².